The van der Waals surface area contributed by atoms with Crippen molar-refractivity contribution in [3.63, 3.8) is 0 Å². The van der Waals surface area contributed by atoms with Crippen LogP contribution in [0.2, 0.25) is 0 Å². The third kappa shape index (κ3) is 4.42. The molecule has 190 valence electrons. The number of sulfonamides is 1. The van der Waals surface area contributed by atoms with E-state index < -0.39 is 10.0 Å². The highest BCUT2D eigenvalue weighted by Gasteiger charge is 2.36. The van der Waals surface area contributed by atoms with Gasteiger partial charge in [0.25, 0.3) is 0 Å². The first-order valence-corrected chi connectivity index (χ1v) is 14.4. The zero-order chi connectivity index (χ0) is 24.7. The summed E-state index contributed by atoms with van der Waals surface area (Å²) in [6.07, 6.45) is 1.07. The lowest BCUT2D eigenvalue weighted by atomic mass is 9.96. The normalized spacial score (nSPS) is 19.7. The van der Waals surface area contributed by atoms with E-state index in [0.717, 1.165) is 56.0 Å². The molecule has 2 aromatic carbocycles. The van der Waals surface area contributed by atoms with E-state index in [4.69, 9.17) is 9.47 Å². The number of piperazine rings is 1. The van der Waals surface area contributed by atoms with Crippen molar-refractivity contribution in [2.45, 2.75) is 24.3 Å². The first-order chi connectivity index (χ1) is 17.5. The van der Waals surface area contributed by atoms with E-state index in [-0.39, 0.29) is 23.5 Å². The number of carbonyl (C=O) groups is 1. The van der Waals surface area contributed by atoms with Crippen molar-refractivity contribution in [2.24, 2.45) is 5.92 Å². The van der Waals surface area contributed by atoms with Crippen LogP contribution < -0.4 is 14.4 Å². The topological polar surface area (TPSA) is 106 Å². The van der Waals surface area contributed by atoms with Crippen LogP contribution in [0.25, 0.3) is 11.0 Å². The number of ether oxygens (including phenoxy) is 2. The zero-order valence-corrected chi connectivity index (χ0v) is 21.4. The van der Waals surface area contributed by atoms with Crippen LogP contribution in [0.1, 0.15) is 18.4 Å². The SMILES string of the molecule is O=C(C1CCN(S(=O)(=O)c2cccc3nsnc23)CC1)N1CC[NH+](Cc2ccc3c(c2)OCO3)CC1. The number of amides is 1. The number of fused-ring (bicyclic) bond motifs is 2. The quantitative estimate of drug-likeness (QED) is 0.519. The summed E-state index contributed by atoms with van der Waals surface area (Å²) in [5, 5.41) is 0. The molecule has 3 aromatic rings. The van der Waals surface area contributed by atoms with Gasteiger partial charge in [-0.1, -0.05) is 6.07 Å². The first kappa shape index (κ1) is 23.6. The summed E-state index contributed by atoms with van der Waals surface area (Å²) in [5.41, 5.74) is 2.21. The van der Waals surface area contributed by atoms with E-state index in [1.165, 1.54) is 14.8 Å². The second kappa shape index (κ2) is 9.58. The van der Waals surface area contributed by atoms with Crippen LogP contribution in [0.3, 0.4) is 0 Å². The summed E-state index contributed by atoms with van der Waals surface area (Å²) >= 11 is 1.01. The summed E-state index contributed by atoms with van der Waals surface area (Å²) in [6, 6.07) is 11.1. The summed E-state index contributed by atoms with van der Waals surface area (Å²) in [4.78, 5) is 16.8. The lowest BCUT2D eigenvalue weighted by molar-refractivity contribution is -0.917. The molecule has 1 amide bonds. The fourth-order valence-electron chi connectivity index (χ4n) is 5.29. The Morgan fingerprint density at radius 3 is 2.61 bits per heavy atom. The smallest absolute Gasteiger partial charge is 0.245 e. The highest BCUT2D eigenvalue weighted by molar-refractivity contribution is 7.89. The molecule has 1 N–H and O–H groups in total. The molecule has 2 saturated heterocycles. The van der Waals surface area contributed by atoms with Gasteiger partial charge in [-0.05, 0) is 43.2 Å². The van der Waals surface area contributed by atoms with Gasteiger partial charge in [0.1, 0.15) is 22.5 Å². The average Bonchev–Trinajstić information content (AvgIpc) is 3.58. The summed E-state index contributed by atoms with van der Waals surface area (Å²) in [5.74, 6) is 1.61. The van der Waals surface area contributed by atoms with Crippen molar-refractivity contribution in [3.8, 4) is 11.5 Å². The second-order valence-corrected chi connectivity index (χ2v) is 11.9. The van der Waals surface area contributed by atoms with Gasteiger partial charge < -0.3 is 19.3 Å². The van der Waals surface area contributed by atoms with E-state index in [1.54, 1.807) is 18.2 Å². The highest BCUT2D eigenvalue weighted by Crippen LogP contribution is 2.32. The standard InChI is InChI=1S/C24H27N5O5S2/c30-24(28-12-10-27(11-13-28)15-17-4-5-20-21(14-17)34-16-33-20)18-6-8-29(9-7-18)36(31,32)22-3-1-2-19-23(22)26-35-25-19/h1-5,14,18H,6-13,15-16H2/p+1. The third-order valence-electron chi connectivity index (χ3n) is 7.34. The summed E-state index contributed by atoms with van der Waals surface area (Å²) < 4.78 is 47.2. The number of quaternary nitrogens is 1. The number of piperidine rings is 1. The van der Waals surface area contributed by atoms with E-state index in [0.29, 0.717) is 37.0 Å². The molecular formula is C24H28N5O5S2+. The molecule has 0 radical (unpaired) electrons. The van der Waals surface area contributed by atoms with Gasteiger partial charge in [-0.25, -0.2) is 8.42 Å². The maximum absolute atomic E-state index is 13.3. The second-order valence-electron chi connectivity index (χ2n) is 9.51. The summed E-state index contributed by atoms with van der Waals surface area (Å²) in [6.45, 7) is 5.04. The van der Waals surface area contributed by atoms with Crippen LogP contribution in [0.4, 0.5) is 0 Å². The Kier molecular flexibility index (Phi) is 6.28. The number of rotatable bonds is 5. The van der Waals surface area contributed by atoms with Gasteiger partial charge >= 0.3 is 0 Å². The van der Waals surface area contributed by atoms with Gasteiger partial charge in [-0.15, -0.1) is 0 Å². The van der Waals surface area contributed by atoms with Gasteiger partial charge in [0.05, 0.1) is 37.9 Å². The van der Waals surface area contributed by atoms with Gasteiger partial charge in [0.2, 0.25) is 22.7 Å². The third-order valence-corrected chi connectivity index (χ3v) is 9.82. The predicted molar refractivity (Wildman–Crippen MR) is 132 cm³/mol. The number of nitrogens with one attached hydrogen (secondary N) is 1. The lowest BCUT2D eigenvalue weighted by Gasteiger charge is -2.36. The molecule has 0 bridgehead atoms. The maximum atomic E-state index is 13.3. The zero-order valence-electron chi connectivity index (χ0n) is 19.8. The molecule has 1 aromatic heterocycles. The van der Waals surface area contributed by atoms with Gasteiger partial charge in [0, 0.05) is 24.6 Å². The van der Waals surface area contributed by atoms with Gasteiger partial charge in [-0.3, -0.25) is 4.79 Å². The fraction of sp³-hybridized carbons (Fsp3) is 0.458. The Hall–Kier alpha value is -2.80. The maximum Gasteiger partial charge on any atom is 0.245 e. The first-order valence-electron chi connectivity index (χ1n) is 12.2. The van der Waals surface area contributed by atoms with Crippen molar-refractivity contribution in [3.05, 3.63) is 42.0 Å². The Morgan fingerprint density at radius 2 is 1.81 bits per heavy atom. The Bertz CT molecular complexity index is 1380. The number of aromatic nitrogens is 2. The van der Waals surface area contributed by atoms with E-state index in [1.807, 2.05) is 17.0 Å². The molecule has 2 fully saturated rings. The molecule has 0 spiro atoms. The van der Waals surface area contributed by atoms with Crippen LogP contribution in [0.15, 0.2) is 41.3 Å². The monoisotopic (exact) mass is 530 g/mol. The van der Waals surface area contributed by atoms with Crippen LogP contribution in [0.5, 0.6) is 11.5 Å². The van der Waals surface area contributed by atoms with Crippen LogP contribution in [-0.4, -0.2) is 78.3 Å². The average molecular weight is 531 g/mol. The minimum absolute atomic E-state index is 0.136. The van der Waals surface area contributed by atoms with Crippen molar-refractivity contribution in [1.29, 1.82) is 0 Å². The lowest BCUT2D eigenvalue weighted by Crippen LogP contribution is -3.13. The predicted octanol–water partition coefficient (Wildman–Crippen LogP) is 0.748. The number of carbonyl (C=O) groups excluding carboxylic acids is 1. The van der Waals surface area contributed by atoms with Crippen LogP contribution in [0, 0.1) is 5.92 Å². The molecule has 0 saturated carbocycles. The minimum atomic E-state index is -3.68. The van der Waals surface area contributed by atoms with Crippen molar-refractivity contribution in [1.82, 2.24) is 18.0 Å². The van der Waals surface area contributed by atoms with E-state index in [9.17, 15) is 13.2 Å². The molecule has 4 heterocycles. The fourth-order valence-corrected chi connectivity index (χ4v) is 7.51. The Balaban J connectivity index is 1.02. The summed E-state index contributed by atoms with van der Waals surface area (Å²) in [7, 11) is -3.68. The van der Waals surface area contributed by atoms with Crippen molar-refractivity contribution >= 4 is 38.7 Å². The molecule has 0 unspecified atom stereocenters. The highest BCUT2D eigenvalue weighted by atomic mass is 32.2. The van der Waals surface area contributed by atoms with Crippen molar-refractivity contribution < 1.29 is 27.6 Å². The molecule has 6 rings (SSSR count). The molecule has 3 aliphatic heterocycles. The number of benzene rings is 2. The van der Waals surface area contributed by atoms with Crippen molar-refractivity contribution in [2.75, 3.05) is 46.1 Å². The molecule has 0 aliphatic carbocycles. The van der Waals surface area contributed by atoms with Gasteiger partial charge in [0.15, 0.2) is 11.5 Å². The van der Waals surface area contributed by atoms with Crippen LogP contribution in [-0.2, 0) is 21.4 Å². The number of hydrogen-bond acceptors (Lipinski definition) is 8. The molecule has 36 heavy (non-hydrogen) atoms. The molecular weight excluding hydrogens is 502 g/mol. The Morgan fingerprint density at radius 1 is 1.03 bits per heavy atom. The molecule has 12 heteroatoms. The molecule has 0 atom stereocenters. The Labute approximate surface area is 213 Å². The number of nitrogens with zero attached hydrogens (tertiary/aromatic N) is 4. The van der Waals surface area contributed by atoms with E-state index in [2.05, 4.69) is 14.8 Å². The van der Waals surface area contributed by atoms with E-state index >= 15 is 0 Å². The molecule has 10 nitrogen and oxygen atoms in total. The number of hydrogen-bond donors (Lipinski definition) is 1. The van der Waals surface area contributed by atoms with Gasteiger partial charge in [-0.2, -0.15) is 13.1 Å². The largest absolute Gasteiger partial charge is 0.454 e. The van der Waals surface area contributed by atoms with Crippen LogP contribution >= 0.6 is 11.7 Å². The molecule has 3 aliphatic rings. The minimum Gasteiger partial charge on any atom is -0.454 e.